The molecule has 17 heavy (non-hydrogen) atoms. The maximum atomic E-state index is 6.13. The van der Waals surface area contributed by atoms with Crippen molar-refractivity contribution in [3.63, 3.8) is 0 Å². The number of alkyl halides is 2. The van der Waals surface area contributed by atoms with E-state index in [0.29, 0.717) is 16.9 Å². The number of rotatable bonds is 0. The molecule has 1 heterocycles. The van der Waals surface area contributed by atoms with Crippen LogP contribution in [-0.2, 0) is 4.33 Å². The molecule has 0 atom stereocenters. The Bertz CT molecular complexity index is 664. The normalized spacial score (nSPS) is 17.6. The van der Waals surface area contributed by atoms with Crippen molar-refractivity contribution < 1.29 is 0 Å². The average Bonchev–Trinajstić information content (AvgIpc) is 2.49. The van der Waals surface area contributed by atoms with Crippen molar-refractivity contribution in [2.45, 2.75) is 4.33 Å². The van der Waals surface area contributed by atoms with Gasteiger partial charge in [-0.3, -0.25) is 0 Å². The second-order valence-corrected chi connectivity index (χ2v) is 5.70. The fourth-order valence-electron chi connectivity index (χ4n) is 1.72. The highest BCUT2D eigenvalue weighted by molar-refractivity contribution is 6.64. The Hall–Kier alpha value is -0.540. The van der Waals surface area contributed by atoms with E-state index in [0.717, 1.165) is 5.52 Å². The summed E-state index contributed by atoms with van der Waals surface area (Å²) in [7, 11) is 0. The quantitative estimate of drug-likeness (QED) is 0.673. The summed E-state index contributed by atoms with van der Waals surface area (Å²) in [6.45, 7) is 0. The molecular formula is C11H4Cl4N2. The molecule has 0 saturated carbocycles. The third-order valence-corrected chi connectivity index (χ3v) is 4.41. The zero-order chi connectivity index (χ0) is 12.2. The van der Waals surface area contributed by atoms with E-state index in [1.807, 2.05) is 24.3 Å². The molecule has 6 heteroatoms. The van der Waals surface area contributed by atoms with Crippen molar-refractivity contribution in [1.29, 1.82) is 0 Å². The Labute approximate surface area is 117 Å². The highest BCUT2D eigenvalue weighted by Crippen LogP contribution is 2.53. The molecule has 1 aromatic carbocycles. The van der Waals surface area contributed by atoms with Gasteiger partial charge in [0.1, 0.15) is 11.4 Å². The topological polar surface area (TPSA) is 25.8 Å². The van der Waals surface area contributed by atoms with Gasteiger partial charge in [0.25, 0.3) is 0 Å². The molecule has 0 radical (unpaired) electrons. The van der Waals surface area contributed by atoms with Crippen LogP contribution in [0.1, 0.15) is 11.4 Å². The molecule has 0 N–H and O–H groups in total. The Balaban J connectivity index is 2.40. The van der Waals surface area contributed by atoms with Gasteiger partial charge in [-0.05, 0) is 12.1 Å². The first kappa shape index (κ1) is 11.5. The first-order valence-corrected chi connectivity index (χ1v) is 6.24. The van der Waals surface area contributed by atoms with Gasteiger partial charge in [-0.2, -0.15) is 0 Å². The van der Waals surface area contributed by atoms with Gasteiger partial charge < -0.3 is 0 Å². The van der Waals surface area contributed by atoms with Crippen molar-refractivity contribution in [3.05, 3.63) is 40.7 Å². The van der Waals surface area contributed by atoms with Crippen LogP contribution in [-0.4, -0.2) is 9.97 Å². The number of allylic oxidation sites excluding steroid dienone is 1. The van der Waals surface area contributed by atoms with E-state index in [1.54, 1.807) is 0 Å². The van der Waals surface area contributed by atoms with Crippen LogP contribution in [0.3, 0.4) is 0 Å². The molecule has 0 unspecified atom stereocenters. The summed E-state index contributed by atoms with van der Waals surface area (Å²) >= 11 is 24.3. The van der Waals surface area contributed by atoms with Crippen LogP contribution in [0.25, 0.3) is 16.1 Å². The van der Waals surface area contributed by atoms with Crippen LogP contribution in [0.5, 0.6) is 0 Å². The van der Waals surface area contributed by atoms with Crippen LogP contribution in [0, 0.1) is 0 Å². The molecule has 0 amide bonds. The highest BCUT2D eigenvalue weighted by atomic mass is 35.5. The molecule has 2 nitrogen and oxygen atoms in total. The Morgan fingerprint density at radius 2 is 1.53 bits per heavy atom. The van der Waals surface area contributed by atoms with Gasteiger partial charge in [0, 0.05) is 0 Å². The van der Waals surface area contributed by atoms with Crippen LogP contribution < -0.4 is 0 Å². The van der Waals surface area contributed by atoms with E-state index in [-0.39, 0.29) is 10.1 Å². The van der Waals surface area contributed by atoms with Crippen molar-refractivity contribution in [3.8, 4) is 0 Å². The number of hydrogen-bond donors (Lipinski definition) is 0. The summed E-state index contributed by atoms with van der Waals surface area (Å²) < 4.78 is -1.41. The third-order valence-electron chi connectivity index (χ3n) is 2.54. The van der Waals surface area contributed by atoms with Gasteiger partial charge >= 0.3 is 0 Å². The number of para-hydroxylation sites is 2. The number of nitrogens with zero attached hydrogens (tertiary/aromatic N) is 2. The molecule has 3 rings (SSSR count). The zero-order valence-electron chi connectivity index (χ0n) is 8.22. The number of benzene rings is 1. The molecule has 2 aromatic rings. The Morgan fingerprint density at radius 3 is 2.18 bits per heavy atom. The Morgan fingerprint density at radius 1 is 0.941 bits per heavy atom. The van der Waals surface area contributed by atoms with Crippen molar-refractivity contribution in [2.75, 3.05) is 0 Å². The van der Waals surface area contributed by atoms with Gasteiger partial charge in [0.15, 0.2) is 4.33 Å². The van der Waals surface area contributed by atoms with E-state index in [4.69, 9.17) is 46.4 Å². The second-order valence-electron chi connectivity index (χ2n) is 3.61. The average molecular weight is 306 g/mol. The fourth-order valence-corrected chi connectivity index (χ4v) is 2.72. The van der Waals surface area contributed by atoms with Gasteiger partial charge in [-0.15, -0.1) is 0 Å². The lowest BCUT2D eigenvalue weighted by atomic mass is 10.2. The molecular weight excluding hydrogens is 302 g/mol. The summed E-state index contributed by atoms with van der Waals surface area (Å²) in [5, 5.41) is 0.401. The predicted molar refractivity (Wildman–Crippen MR) is 71.5 cm³/mol. The largest absolute Gasteiger partial charge is 0.245 e. The molecule has 86 valence electrons. The zero-order valence-corrected chi connectivity index (χ0v) is 11.2. The Kier molecular flexibility index (Phi) is 2.53. The maximum Gasteiger partial charge on any atom is 0.198 e. The summed E-state index contributed by atoms with van der Waals surface area (Å²) in [5.41, 5.74) is 2.25. The van der Waals surface area contributed by atoms with Crippen molar-refractivity contribution in [1.82, 2.24) is 9.97 Å². The lowest BCUT2D eigenvalue weighted by Crippen LogP contribution is -2.10. The van der Waals surface area contributed by atoms with Gasteiger partial charge in [0.05, 0.1) is 21.1 Å². The number of aromatic nitrogens is 2. The maximum absolute atomic E-state index is 6.13. The van der Waals surface area contributed by atoms with Crippen molar-refractivity contribution in [2.24, 2.45) is 0 Å². The standard InChI is InChI=1S/C11H4Cl4N2/c12-7-8-10(11(14,15)9(7)13)17-6-4-2-1-3-5(6)16-8/h1-4H. The fraction of sp³-hybridized carbons (Fsp3) is 0.0909. The van der Waals surface area contributed by atoms with Crippen LogP contribution in [0.15, 0.2) is 29.3 Å². The van der Waals surface area contributed by atoms with Gasteiger partial charge in [0.2, 0.25) is 0 Å². The predicted octanol–water partition coefficient (Wildman–Crippen LogP) is 4.42. The van der Waals surface area contributed by atoms with Crippen LogP contribution in [0.4, 0.5) is 0 Å². The van der Waals surface area contributed by atoms with Crippen molar-refractivity contribution >= 4 is 62.5 Å². The van der Waals surface area contributed by atoms with E-state index in [1.165, 1.54) is 0 Å². The van der Waals surface area contributed by atoms with E-state index >= 15 is 0 Å². The minimum atomic E-state index is -1.41. The summed E-state index contributed by atoms with van der Waals surface area (Å²) in [4.78, 5) is 8.75. The SMILES string of the molecule is ClC1=C(Cl)C(Cl)(Cl)c2nc3ccccc3nc21. The van der Waals surface area contributed by atoms with Gasteiger partial charge in [-0.25, -0.2) is 9.97 Å². The number of fused-ring (bicyclic) bond motifs is 2. The molecule has 0 spiro atoms. The minimum absolute atomic E-state index is 0.146. The van der Waals surface area contributed by atoms with Crippen LogP contribution in [0.2, 0.25) is 0 Å². The molecule has 1 aromatic heterocycles. The lowest BCUT2D eigenvalue weighted by molar-refractivity contribution is 1.01. The summed E-state index contributed by atoms with van der Waals surface area (Å²) in [6.07, 6.45) is 0. The monoisotopic (exact) mass is 304 g/mol. The second kappa shape index (κ2) is 3.72. The number of hydrogen-bond acceptors (Lipinski definition) is 2. The summed E-state index contributed by atoms with van der Waals surface area (Å²) in [5.74, 6) is 0. The summed E-state index contributed by atoms with van der Waals surface area (Å²) in [6, 6.07) is 7.39. The van der Waals surface area contributed by atoms with Gasteiger partial charge in [-0.1, -0.05) is 58.5 Å². The van der Waals surface area contributed by atoms with E-state index in [2.05, 4.69) is 9.97 Å². The van der Waals surface area contributed by atoms with E-state index in [9.17, 15) is 0 Å². The first-order chi connectivity index (χ1) is 8.01. The molecule has 1 aliphatic rings. The molecule has 0 saturated heterocycles. The van der Waals surface area contributed by atoms with E-state index < -0.39 is 4.33 Å². The molecule has 0 aliphatic heterocycles. The highest BCUT2D eigenvalue weighted by Gasteiger charge is 2.44. The minimum Gasteiger partial charge on any atom is -0.245 e. The first-order valence-electron chi connectivity index (χ1n) is 4.73. The molecule has 1 aliphatic carbocycles. The third kappa shape index (κ3) is 1.55. The molecule has 0 bridgehead atoms. The smallest absolute Gasteiger partial charge is 0.198 e. The van der Waals surface area contributed by atoms with Crippen LogP contribution >= 0.6 is 46.4 Å². The number of halogens is 4. The lowest BCUT2D eigenvalue weighted by Gasteiger charge is -2.13. The molecule has 0 fully saturated rings.